The van der Waals surface area contributed by atoms with Crippen LogP contribution in [-0.4, -0.2) is 22.5 Å². The minimum absolute atomic E-state index is 0.169. The normalized spacial score (nSPS) is 11.0. The molecule has 3 aromatic carbocycles. The minimum atomic E-state index is -0.878. The molecule has 1 aromatic heterocycles. The first-order valence-electron chi connectivity index (χ1n) is 9.61. The fourth-order valence-electron chi connectivity index (χ4n) is 3.50. The van der Waals surface area contributed by atoms with Crippen LogP contribution in [0.5, 0.6) is 0 Å². The minimum Gasteiger partial charge on any atom is -0.380 e. The summed E-state index contributed by atoms with van der Waals surface area (Å²) in [5.74, 6) is -0.356. The van der Waals surface area contributed by atoms with Crippen LogP contribution in [0.15, 0.2) is 59.1 Å². The molecule has 32 heavy (non-hydrogen) atoms. The number of carbonyl (C=O) groups is 1. The largest absolute Gasteiger partial charge is 0.380 e. The van der Waals surface area contributed by atoms with Crippen LogP contribution in [0.4, 0.5) is 4.39 Å². The van der Waals surface area contributed by atoms with E-state index in [2.05, 4.69) is 10.1 Å². The summed E-state index contributed by atoms with van der Waals surface area (Å²) in [7, 11) is 1.61. The zero-order valence-corrected chi connectivity index (χ0v) is 18.7. The molecule has 8 heteroatoms. The Morgan fingerprint density at radius 3 is 2.53 bits per heavy atom. The van der Waals surface area contributed by atoms with E-state index in [0.29, 0.717) is 22.8 Å². The third kappa shape index (κ3) is 4.17. The Morgan fingerprint density at radius 1 is 1.12 bits per heavy atom. The van der Waals surface area contributed by atoms with Gasteiger partial charge < -0.3 is 9.26 Å². The van der Waals surface area contributed by atoms with Gasteiger partial charge in [-0.3, -0.25) is 4.79 Å². The van der Waals surface area contributed by atoms with Crippen molar-refractivity contribution in [1.82, 2.24) is 10.1 Å². The lowest BCUT2D eigenvalue weighted by atomic mass is 9.93. The molecule has 0 spiro atoms. The van der Waals surface area contributed by atoms with E-state index >= 15 is 0 Å². The van der Waals surface area contributed by atoms with Crippen molar-refractivity contribution in [1.29, 1.82) is 0 Å². The summed E-state index contributed by atoms with van der Waals surface area (Å²) in [6, 6.07) is 15.6. The van der Waals surface area contributed by atoms with Gasteiger partial charge in [-0.05, 0) is 59.0 Å². The van der Waals surface area contributed by atoms with Gasteiger partial charge in [0.25, 0.3) is 11.1 Å². The summed E-state index contributed by atoms with van der Waals surface area (Å²) in [6.07, 6.45) is 0. The lowest BCUT2D eigenvalue weighted by Gasteiger charge is -2.15. The predicted octanol–water partition coefficient (Wildman–Crippen LogP) is 6.70. The molecule has 0 aliphatic carbocycles. The van der Waals surface area contributed by atoms with E-state index in [-0.39, 0.29) is 17.3 Å². The highest BCUT2D eigenvalue weighted by molar-refractivity contribution is 6.67. The quantitative estimate of drug-likeness (QED) is 0.293. The van der Waals surface area contributed by atoms with E-state index in [1.54, 1.807) is 7.11 Å². The van der Waals surface area contributed by atoms with E-state index < -0.39 is 11.1 Å². The summed E-state index contributed by atoms with van der Waals surface area (Å²) in [5, 5.41) is 3.67. The lowest BCUT2D eigenvalue weighted by Crippen LogP contribution is -1.98. The summed E-state index contributed by atoms with van der Waals surface area (Å²) < 4.78 is 25.1. The van der Waals surface area contributed by atoms with Crippen LogP contribution in [0.25, 0.3) is 34.0 Å². The molecule has 0 N–H and O–H groups in total. The molecule has 0 fully saturated rings. The van der Waals surface area contributed by atoms with Gasteiger partial charge in [-0.25, -0.2) is 4.39 Å². The Bertz CT molecular complexity index is 1310. The standard InChI is InChI=1S/C24H17Cl2FN2O3/c1-13-20(18(14-6-4-3-5-7-14)10-16(12-31-2)21(13)25)24-28-23(29-32-24)15-8-9-17(22(26)30)19(27)11-15/h3-11H,12H2,1-2H3. The second-order valence-electron chi connectivity index (χ2n) is 7.09. The van der Waals surface area contributed by atoms with Crippen molar-refractivity contribution in [3.05, 3.63) is 82.1 Å². The van der Waals surface area contributed by atoms with E-state index in [1.807, 2.05) is 43.3 Å². The number of halogens is 3. The number of benzene rings is 3. The van der Waals surface area contributed by atoms with Crippen LogP contribution in [0.3, 0.4) is 0 Å². The van der Waals surface area contributed by atoms with Crippen molar-refractivity contribution in [2.24, 2.45) is 0 Å². The smallest absolute Gasteiger partial charge is 0.259 e. The molecule has 162 valence electrons. The second kappa shape index (κ2) is 9.20. The Balaban J connectivity index is 1.86. The fraction of sp³-hybridized carbons (Fsp3) is 0.125. The average molecular weight is 471 g/mol. The monoisotopic (exact) mass is 470 g/mol. The number of aromatic nitrogens is 2. The molecule has 0 saturated heterocycles. The van der Waals surface area contributed by atoms with Crippen molar-refractivity contribution in [3.8, 4) is 34.0 Å². The Labute approximate surface area is 193 Å². The average Bonchev–Trinajstić information content (AvgIpc) is 3.27. The van der Waals surface area contributed by atoms with Gasteiger partial charge in [0.05, 0.1) is 17.7 Å². The van der Waals surface area contributed by atoms with Gasteiger partial charge in [-0.15, -0.1) is 0 Å². The molecular formula is C24H17Cl2FN2O3. The molecule has 0 aliphatic heterocycles. The van der Waals surface area contributed by atoms with E-state index in [9.17, 15) is 9.18 Å². The first kappa shape index (κ1) is 22.1. The predicted molar refractivity (Wildman–Crippen MR) is 121 cm³/mol. The van der Waals surface area contributed by atoms with Crippen LogP contribution in [0.2, 0.25) is 5.02 Å². The van der Waals surface area contributed by atoms with Crippen molar-refractivity contribution in [2.45, 2.75) is 13.5 Å². The Hall–Kier alpha value is -3.06. The molecule has 0 aliphatic rings. The number of carbonyl (C=O) groups excluding carboxylic acids is 1. The Morgan fingerprint density at radius 2 is 1.88 bits per heavy atom. The van der Waals surface area contributed by atoms with Gasteiger partial charge in [0.1, 0.15) is 5.82 Å². The summed E-state index contributed by atoms with van der Waals surface area (Å²) >= 11 is 12.0. The van der Waals surface area contributed by atoms with Gasteiger partial charge in [-0.1, -0.05) is 53.2 Å². The van der Waals surface area contributed by atoms with Gasteiger partial charge in [0.15, 0.2) is 0 Å². The fourth-order valence-corrected chi connectivity index (χ4v) is 3.86. The molecule has 0 radical (unpaired) electrons. The maximum absolute atomic E-state index is 14.2. The summed E-state index contributed by atoms with van der Waals surface area (Å²) in [6.45, 7) is 2.22. The molecule has 0 amide bonds. The maximum atomic E-state index is 14.2. The van der Waals surface area contributed by atoms with Crippen LogP contribution in [-0.2, 0) is 11.3 Å². The molecule has 5 nitrogen and oxygen atoms in total. The maximum Gasteiger partial charge on any atom is 0.259 e. The zero-order valence-electron chi connectivity index (χ0n) is 17.2. The number of methoxy groups -OCH3 is 1. The van der Waals surface area contributed by atoms with E-state index in [0.717, 1.165) is 28.3 Å². The molecule has 0 bridgehead atoms. The molecular weight excluding hydrogens is 454 g/mol. The topological polar surface area (TPSA) is 65.2 Å². The first-order chi connectivity index (χ1) is 15.4. The molecule has 4 aromatic rings. The second-order valence-corrected chi connectivity index (χ2v) is 7.81. The highest BCUT2D eigenvalue weighted by Crippen LogP contribution is 2.40. The van der Waals surface area contributed by atoms with Gasteiger partial charge in [-0.2, -0.15) is 4.98 Å². The van der Waals surface area contributed by atoms with Crippen molar-refractivity contribution < 1.29 is 18.4 Å². The van der Waals surface area contributed by atoms with Crippen molar-refractivity contribution >= 4 is 28.4 Å². The van der Waals surface area contributed by atoms with E-state index in [1.165, 1.54) is 12.1 Å². The SMILES string of the molecule is COCc1cc(-c2ccccc2)c(-c2nc(-c3ccc(C(=O)Cl)c(F)c3)no2)c(C)c1Cl. The Kier molecular flexibility index (Phi) is 6.37. The third-order valence-corrected chi connectivity index (χ3v) is 5.77. The molecule has 0 atom stereocenters. The van der Waals surface area contributed by atoms with E-state index in [4.69, 9.17) is 32.5 Å². The van der Waals surface area contributed by atoms with Crippen LogP contribution in [0.1, 0.15) is 21.5 Å². The number of hydrogen-bond acceptors (Lipinski definition) is 5. The highest BCUT2D eigenvalue weighted by Gasteiger charge is 2.22. The molecule has 0 saturated carbocycles. The zero-order chi connectivity index (χ0) is 22.8. The van der Waals surface area contributed by atoms with Gasteiger partial charge in [0.2, 0.25) is 5.82 Å². The lowest BCUT2D eigenvalue weighted by molar-refractivity contribution is 0.107. The molecule has 4 rings (SSSR count). The van der Waals surface area contributed by atoms with Gasteiger partial charge in [0, 0.05) is 17.7 Å². The van der Waals surface area contributed by atoms with Crippen LogP contribution in [0, 0.1) is 12.7 Å². The number of nitrogens with zero attached hydrogens (tertiary/aromatic N) is 2. The third-order valence-electron chi connectivity index (χ3n) is 5.04. The summed E-state index contributed by atoms with van der Waals surface area (Å²) in [4.78, 5) is 15.8. The van der Waals surface area contributed by atoms with Crippen molar-refractivity contribution in [2.75, 3.05) is 7.11 Å². The van der Waals surface area contributed by atoms with Gasteiger partial charge >= 0.3 is 0 Å². The summed E-state index contributed by atoms with van der Waals surface area (Å²) in [5.41, 5.74) is 4.18. The highest BCUT2D eigenvalue weighted by atomic mass is 35.5. The number of ether oxygens (including phenoxy) is 1. The molecule has 1 heterocycles. The van der Waals surface area contributed by atoms with Crippen LogP contribution >= 0.6 is 23.2 Å². The number of hydrogen-bond donors (Lipinski definition) is 0. The number of rotatable bonds is 6. The first-order valence-corrected chi connectivity index (χ1v) is 10.4. The molecule has 0 unspecified atom stereocenters. The van der Waals surface area contributed by atoms with Crippen molar-refractivity contribution in [3.63, 3.8) is 0 Å². The van der Waals surface area contributed by atoms with Crippen LogP contribution < -0.4 is 0 Å².